The SMILES string of the molecule is [2H][C@@]1(NC(=O)OC(C)(C)C)CC[C@@H](Nc2cc(Cl)ncc2[N+](=O)[O-])C1. The third kappa shape index (κ3) is 5.23. The van der Waals surface area contributed by atoms with Crippen LogP contribution in [-0.4, -0.2) is 33.7 Å². The first-order valence-corrected chi connectivity index (χ1v) is 7.93. The highest BCUT2D eigenvalue weighted by molar-refractivity contribution is 6.29. The minimum atomic E-state index is -1.19. The van der Waals surface area contributed by atoms with Gasteiger partial charge in [-0.15, -0.1) is 0 Å². The molecular weight excluding hydrogens is 336 g/mol. The summed E-state index contributed by atoms with van der Waals surface area (Å²) in [6.45, 7) is 5.23. The second-order valence-corrected chi connectivity index (χ2v) is 6.98. The van der Waals surface area contributed by atoms with Gasteiger partial charge in [-0.3, -0.25) is 10.1 Å². The van der Waals surface area contributed by atoms with E-state index in [4.69, 9.17) is 17.7 Å². The van der Waals surface area contributed by atoms with Crippen LogP contribution in [0, 0.1) is 10.1 Å². The fourth-order valence-electron chi connectivity index (χ4n) is 2.44. The molecule has 0 radical (unpaired) electrons. The van der Waals surface area contributed by atoms with E-state index in [-0.39, 0.29) is 29.0 Å². The number of aromatic nitrogens is 1. The van der Waals surface area contributed by atoms with Crippen molar-refractivity contribution in [2.45, 2.75) is 57.7 Å². The summed E-state index contributed by atoms with van der Waals surface area (Å²) in [5, 5.41) is 16.8. The van der Waals surface area contributed by atoms with Gasteiger partial charge >= 0.3 is 11.8 Å². The second kappa shape index (κ2) is 7.21. The number of hydrogen-bond acceptors (Lipinski definition) is 6. The van der Waals surface area contributed by atoms with Gasteiger partial charge in [0.05, 0.1) is 6.29 Å². The molecule has 1 saturated carbocycles. The molecule has 8 nitrogen and oxygen atoms in total. The molecule has 0 bridgehead atoms. The Morgan fingerprint density at radius 3 is 2.88 bits per heavy atom. The first kappa shape index (κ1) is 16.8. The minimum Gasteiger partial charge on any atom is -0.444 e. The Hall–Kier alpha value is -2.09. The van der Waals surface area contributed by atoms with Gasteiger partial charge in [0.1, 0.15) is 22.6 Å². The first-order chi connectivity index (χ1) is 11.5. The van der Waals surface area contributed by atoms with E-state index in [1.807, 2.05) is 0 Å². The fraction of sp³-hybridized carbons (Fsp3) is 0.600. The lowest BCUT2D eigenvalue weighted by atomic mass is 10.2. The molecule has 1 heterocycles. The number of alkyl carbamates (subject to hydrolysis) is 1. The quantitative estimate of drug-likeness (QED) is 0.485. The molecule has 1 aliphatic carbocycles. The van der Waals surface area contributed by atoms with Gasteiger partial charge in [0.2, 0.25) is 0 Å². The van der Waals surface area contributed by atoms with E-state index in [1.54, 1.807) is 20.8 Å². The Labute approximate surface area is 146 Å². The number of carbonyl (C=O) groups excluding carboxylic acids is 1. The lowest BCUT2D eigenvalue weighted by molar-refractivity contribution is -0.384. The molecule has 2 atom stereocenters. The molecule has 24 heavy (non-hydrogen) atoms. The number of nitro groups is 1. The Bertz CT molecular complexity index is 682. The lowest BCUT2D eigenvalue weighted by Gasteiger charge is -2.22. The largest absolute Gasteiger partial charge is 0.444 e. The number of halogens is 1. The highest BCUT2D eigenvalue weighted by Crippen LogP contribution is 2.30. The molecule has 0 aromatic carbocycles. The van der Waals surface area contributed by atoms with Crippen molar-refractivity contribution < 1.29 is 15.8 Å². The summed E-state index contributed by atoms with van der Waals surface area (Å²) < 4.78 is 13.6. The van der Waals surface area contributed by atoms with Crippen LogP contribution in [0.15, 0.2) is 12.3 Å². The fourth-order valence-corrected chi connectivity index (χ4v) is 2.60. The molecule has 0 saturated heterocycles. The van der Waals surface area contributed by atoms with Gasteiger partial charge in [0.15, 0.2) is 0 Å². The Morgan fingerprint density at radius 2 is 2.25 bits per heavy atom. The number of amides is 1. The standard InChI is InChI=1S/C15H21ClN4O4/c1-15(2,3)24-14(21)19-10-5-4-9(6-10)18-11-7-13(16)17-8-12(11)20(22)23/h7-10H,4-6H2,1-3H3,(H,17,18)(H,19,21)/t9-,10-/m1/s1/i10D. The second-order valence-electron chi connectivity index (χ2n) is 6.60. The highest BCUT2D eigenvalue weighted by Gasteiger charge is 2.29. The molecule has 0 aliphatic heterocycles. The summed E-state index contributed by atoms with van der Waals surface area (Å²) in [6.07, 6.45) is 1.68. The Morgan fingerprint density at radius 1 is 1.54 bits per heavy atom. The van der Waals surface area contributed by atoms with E-state index < -0.39 is 22.6 Å². The smallest absolute Gasteiger partial charge is 0.407 e. The summed E-state index contributed by atoms with van der Waals surface area (Å²) in [5.41, 5.74) is -0.589. The van der Waals surface area contributed by atoms with Crippen molar-refractivity contribution in [2.75, 3.05) is 5.32 Å². The van der Waals surface area contributed by atoms with Gasteiger partial charge < -0.3 is 15.4 Å². The number of hydrogen-bond donors (Lipinski definition) is 2. The van der Waals surface area contributed by atoms with Gasteiger partial charge in [-0.05, 0) is 40.0 Å². The maximum absolute atomic E-state index is 11.9. The zero-order valence-electron chi connectivity index (χ0n) is 14.8. The van der Waals surface area contributed by atoms with E-state index in [2.05, 4.69) is 15.6 Å². The van der Waals surface area contributed by atoms with Crippen LogP contribution < -0.4 is 10.6 Å². The number of pyridine rings is 1. The van der Waals surface area contributed by atoms with Crippen LogP contribution >= 0.6 is 11.6 Å². The highest BCUT2D eigenvalue weighted by atomic mass is 35.5. The number of ether oxygens (including phenoxy) is 1. The number of anilines is 1. The summed E-state index contributed by atoms with van der Waals surface area (Å²) in [5.74, 6) is 0. The minimum absolute atomic E-state index is 0.134. The molecule has 2 N–H and O–H groups in total. The van der Waals surface area contributed by atoms with E-state index >= 15 is 0 Å². The van der Waals surface area contributed by atoms with Gasteiger partial charge in [0.25, 0.3) is 0 Å². The van der Waals surface area contributed by atoms with E-state index in [9.17, 15) is 14.9 Å². The van der Waals surface area contributed by atoms with Crippen LogP contribution in [0.1, 0.15) is 41.4 Å². The first-order valence-electron chi connectivity index (χ1n) is 8.05. The number of carbonyl (C=O) groups is 1. The maximum Gasteiger partial charge on any atom is 0.407 e. The van der Waals surface area contributed by atoms with Gasteiger partial charge in [-0.1, -0.05) is 11.6 Å². The molecule has 1 amide bonds. The van der Waals surface area contributed by atoms with Crippen LogP contribution in [0.2, 0.25) is 5.15 Å². The van der Waals surface area contributed by atoms with Crippen LogP contribution in [0.5, 0.6) is 0 Å². The lowest BCUT2D eigenvalue weighted by Crippen LogP contribution is -2.38. The molecule has 0 unspecified atom stereocenters. The molecule has 1 aromatic heterocycles. The molecule has 9 heteroatoms. The maximum atomic E-state index is 11.9. The van der Waals surface area contributed by atoms with Crippen molar-refractivity contribution in [2.24, 2.45) is 0 Å². The number of nitrogens with zero attached hydrogens (tertiary/aromatic N) is 2. The summed E-state index contributed by atoms with van der Waals surface area (Å²) in [7, 11) is 0. The van der Waals surface area contributed by atoms with Crippen molar-refractivity contribution >= 4 is 29.1 Å². The van der Waals surface area contributed by atoms with Crippen molar-refractivity contribution in [3.8, 4) is 0 Å². The zero-order valence-corrected chi connectivity index (χ0v) is 14.5. The van der Waals surface area contributed by atoms with Crippen molar-refractivity contribution in [3.63, 3.8) is 0 Å². The van der Waals surface area contributed by atoms with Crippen LogP contribution in [0.4, 0.5) is 16.2 Å². The molecule has 132 valence electrons. The van der Waals surface area contributed by atoms with Crippen molar-refractivity contribution in [3.05, 3.63) is 27.5 Å². The van der Waals surface area contributed by atoms with Crippen molar-refractivity contribution in [1.82, 2.24) is 10.3 Å². The van der Waals surface area contributed by atoms with Crippen LogP contribution in [-0.2, 0) is 4.74 Å². The Kier molecular flexibility index (Phi) is 5.03. The van der Waals surface area contributed by atoms with E-state index in [1.165, 1.54) is 6.07 Å². The van der Waals surface area contributed by atoms with Crippen LogP contribution in [0.25, 0.3) is 0 Å². The topological polar surface area (TPSA) is 106 Å². The number of rotatable bonds is 4. The van der Waals surface area contributed by atoms with E-state index in [0.29, 0.717) is 12.8 Å². The van der Waals surface area contributed by atoms with Gasteiger partial charge in [-0.2, -0.15) is 0 Å². The third-order valence-corrected chi connectivity index (χ3v) is 3.58. The van der Waals surface area contributed by atoms with E-state index in [0.717, 1.165) is 6.20 Å². The van der Waals surface area contributed by atoms with Crippen LogP contribution in [0.3, 0.4) is 0 Å². The summed E-state index contributed by atoms with van der Waals surface area (Å²) >= 11 is 5.81. The zero-order chi connectivity index (χ0) is 18.8. The number of nitrogens with one attached hydrogen (secondary N) is 2. The molecule has 1 aliphatic rings. The normalized spacial score (nSPS) is 24.2. The average Bonchev–Trinajstić information content (AvgIpc) is 2.76. The third-order valence-electron chi connectivity index (χ3n) is 3.37. The van der Waals surface area contributed by atoms with Crippen molar-refractivity contribution in [1.29, 1.82) is 0 Å². The molecule has 0 spiro atoms. The Balaban J connectivity index is 2.02. The van der Waals surface area contributed by atoms with Gasteiger partial charge in [0, 0.05) is 18.1 Å². The molecule has 1 fully saturated rings. The predicted octanol–water partition coefficient (Wildman–Crippen LogP) is 3.50. The monoisotopic (exact) mass is 357 g/mol. The van der Waals surface area contributed by atoms with Gasteiger partial charge in [-0.25, -0.2) is 9.78 Å². The molecular formula is C15H21ClN4O4. The summed E-state index contributed by atoms with van der Waals surface area (Å²) in [4.78, 5) is 26.1. The molecule has 2 rings (SSSR count). The predicted molar refractivity (Wildman–Crippen MR) is 90.3 cm³/mol. The molecule has 1 aromatic rings. The summed E-state index contributed by atoms with van der Waals surface area (Å²) in [6, 6.07) is -0.0270. The average molecular weight is 358 g/mol.